The summed E-state index contributed by atoms with van der Waals surface area (Å²) in [7, 11) is 0. The highest BCUT2D eigenvalue weighted by Crippen LogP contribution is 2.19. The molecule has 0 aliphatic carbocycles. The van der Waals surface area contributed by atoms with E-state index in [1.165, 1.54) is 16.7 Å². The topological polar surface area (TPSA) is 29.3 Å². The Hall–Kier alpha value is -0.860. The van der Waals surface area contributed by atoms with Gasteiger partial charge in [0.2, 0.25) is 0 Å². The van der Waals surface area contributed by atoms with Gasteiger partial charge in [-0.25, -0.2) is 0 Å². The van der Waals surface area contributed by atoms with E-state index >= 15 is 0 Å². The maximum absolute atomic E-state index is 6.06. The first-order valence-corrected chi connectivity index (χ1v) is 6.60. The Kier molecular flexibility index (Phi) is 3.85. The summed E-state index contributed by atoms with van der Waals surface area (Å²) in [6.45, 7) is 9.98. The number of likely N-dealkylation sites (tertiary alicyclic amines) is 1. The lowest BCUT2D eigenvalue weighted by Crippen LogP contribution is -2.45. The molecule has 2 N–H and O–H groups in total. The number of hydrogen-bond donors (Lipinski definition) is 1. The summed E-state index contributed by atoms with van der Waals surface area (Å²) in [5.41, 5.74) is 10.3. The predicted molar refractivity (Wildman–Crippen MR) is 72.9 cm³/mol. The molecule has 1 aromatic carbocycles. The van der Waals surface area contributed by atoms with E-state index in [-0.39, 0.29) is 0 Å². The summed E-state index contributed by atoms with van der Waals surface area (Å²) >= 11 is 0. The van der Waals surface area contributed by atoms with Crippen LogP contribution in [0.4, 0.5) is 0 Å². The van der Waals surface area contributed by atoms with Gasteiger partial charge in [-0.15, -0.1) is 0 Å². The van der Waals surface area contributed by atoms with Crippen molar-refractivity contribution in [2.45, 2.75) is 39.8 Å². The van der Waals surface area contributed by atoms with Crippen LogP contribution in [0.25, 0.3) is 0 Å². The lowest BCUT2D eigenvalue weighted by molar-refractivity contribution is 0.157. The van der Waals surface area contributed by atoms with Gasteiger partial charge in [-0.05, 0) is 43.9 Å². The number of benzene rings is 1. The molecule has 2 atom stereocenters. The highest BCUT2D eigenvalue weighted by atomic mass is 15.1. The number of nitrogens with zero attached hydrogens (tertiary/aromatic N) is 1. The molecule has 0 bridgehead atoms. The lowest BCUT2D eigenvalue weighted by Gasteiger charge is -2.35. The van der Waals surface area contributed by atoms with E-state index in [4.69, 9.17) is 5.73 Å². The van der Waals surface area contributed by atoms with Crippen LogP contribution in [0.1, 0.15) is 30.0 Å². The molecule has 2 nitrogen and oxygen atoms in total. The largest absolute Gasteiger partial charge is 0.327 e. The van der Waals surface area contributed by atoms with Crippen molar-refractivity contribution in [2.24, 2.45) is 11.7 Å². The Morgan fingerprint density at radius 1 is 1.35 bits per heavy atom. The molecule has 0 radical (unpaired) electrons. The van der Waals surface area contributed by atoms with Gasteiger partial charge in [0.1, 0.15) is 0 Å². The molecule has 1 saturated heterocycles. The molecule has 0 amide bonds. The summed E-state index contributed by atoms with van der Waals surface area (Å²) in [6, 6.07) is 7.12. The average Bonchev–Trinajstić information content (AvgIpc) is 2.29. The van der Waals surface area contributed by atoms with E-state index in [1.54, 1.807) is 0 Å². The number of piperidine rings is 1. The molecule has 0 spiro atoms. The highest BCUT2D eigenvalue weighted by Gasteiger charge is 2.23. The van der Waals surface area contributed by atoms with Crippen molar-refractivity contribution in [3.63, 3.8) is 0 Å². The highest BCUT2D eigenvalue weighted by molar-refractivity contribution is 5.30. The van der Waals surface area contributed by atoms with Gasteiger partial charge in [-0.2, -0.15) is 0 Å². The molecule has 2 unspecified atom stereocenters. The Balaban J connectivity index is 2.03. The van der Waals surface area contributed by atoms with Crippen molar-refractivity contribution in [3.8, 4) is 0 Å². The zero-order valence-corrected chi connectivity index (χ0v) is 11.2. The van der Waals surface area contributed by atoms with Crippen molar-refractivity contribution in [2.75, 3.05) is 13.1 Å². The average molecular weight is 232 g/mol. The van der Waals surface area contributed by atoms with Crippen molar-refractivity contribution < 1.29 is 0 Å². The van der Waals surface area contributed by atoms with Crippen molar-refractivity contribution >= 4 is 0 Å². The molecule has 0 aromatic heterocycles. The molecule has 1 fully saturated rings. The van der Waals surface area contributed by atoms with E-state index < -0.39 is 0 Å². The van der Waals surface area contributed by atoms with Gasteiger partial charge in [-0.1, -0.05) is 30.7 Å². The van der Waals surface area contributed by atoms with Crippen molar-refractivity contribution in [1.29, 1.82) is 0 Å². The molecule has 17 heavy (non-hydrogen) atoms. The maximum atomic E-state index is 6.06. The molecule has 1 aromatic rings. The molecular weight excluding hydrogens is 208 g/mol. The summed E-state index contributed by atoms with van der Waals surface area (Å²) in [5.74, 6) is 0.619. The fourth-order valence-corrected chi connectivity index (χ4v) is 2.61. The van der Waals surface area contributed by atoms with E-state index in [9.17, 15) is 0 Å². The van der Waals surface area contributed by atoms with E-state index in [0.29, 0.717) is 12.0 Å². The molecule has 0 saturated carbocycles. The smallest absolute Gasteiger partial charge is 0.0236 e. The van der Waals surface area contributed by atoms with Crippen LogP contribution in [0, 0.1) is 19.8 Å². The van der Waals surface area contributed by atoms with Gasteiger partial charge in [0, 0.05) is 19.1 Å². The third-order valence-corrected chi connectivity index (χ3v) is 3.95. The molecule has 1 heterocycles. The minimum absolute atomic E-state index is 0.393. The second kappa shape index (κ2) is 5.19. The number of rotatable bonds is 2. The summed E-state index contributed by atoms with van der Waals surface area (Å²) < 4.78 is 0. The van der Waals surface area contributed by atoms with Crippen molar-refractivity contribution in [1.82, 2.24) is 4.90 Å². The summed E-state index contributed by atoms with van der Waals surface area (Å²) in [4.78, 5) is 2.54. The lowest BCUT2D eigenvalue weighted by atomic mass is 9.94. The molecule has 1 aliphatic heterocycles. The Bertz CT molecular complexity index is 387. The number of aryl methyl sites for hydroxylation is 2. The normalized spacial score (nSPS) is 26.1. The maximum Gasteiger partial charge on any atom is 0.0236 e. The molecule has 2 heteroatoms. The minimum Gasteiger partial charge on any atom is -0.327 e. The van der Waals surface area contributed by atoms with E-state index in [1.807, 2.05) is 0 Å². The Labute approximate surface area is 105 Å². The third-order valence-electron chi connectivity index (χ3n) is 3.95. The predicted octanol–water partition coefficient (Wildman–Crippen LogP) is 2.47. The van der Waals surface area contributed by atoms with Crippen LogP contribution in [0.2, 0.25) is 0 Å². The van der Waals surface area contributed by atoms with Crippen LogP contribution in [0.3, 0.4) is 0 Å². The number of hydrogen-bond acceptors (Lipinski definition) is 2. The van der Waals surface area contributed by atoms with E-state index in [0.717, 1.165) is 26.1 Å². The van der Waals surface area contributed by atoms with Gasteiger partial charge in [0.15, 0.2) is 0 Å². The first-order valence-electron chi connectivity index (χ1n) is 6.60. The first-order chi connectivity index (χ1) is 8.06. The third kappa shape index (κ3) is 3.08. The zero-order chi connectivity index (χ0) is 12.4. The second-order valence-corrected chi connectivity index (χ2v) is 5.59. The summed E-state index contributed by atoms with van der Waals surface area (Å²) in [6.07, 6.45) is 1.13. The van der Waals surface area contributed by atoms with Gasteiger partial charge in [0.05, 0.1) is 0 Å². The molecule has 2 rings (SSSR count). The minimum atomic E-state index is 0.393. The standard InChI is InChI=1S/C15H24N2/c1-11-4-5-12(2)14(8-11)10-17-7-6-15(16)13(3)9-17/h4-5,8,13,15H,6-7,9-10,16H2,1-3H3. The van der Waals surface area contributed by atoms with Crippen LogP contribution >= 0.6 is 0 Å². The SMILES string of the molecule is Cc1ccc(C)c(CN2CCC(N)C(C)C2)c1. The van der Waals surface area contributed by atoms with Crippen LogP contribution in [0.15, 0.2) is 18.2 Å². The summed E-state index contributed by atoms with van der Waals surface area (Å²) in [5, 5.41) is 0. The monoisotopic (exact) mass is 232 g/mol. The fraction of sp³-hybridized carbons (Fsp3) is 0.600. The quantitative estimate of drug-likeness (QED) is 0.849. The van der Waals surface area contributed by atoms with Crippen LogP contribution in [0.5, 0.6) is 0 Å². The fourth-order valence-electron chi connectivity index (χ4n) is 2.61. The van der Waals surface area contributed by atoms with Gasteiger partial charge < -0.3 is 5.73 Å². The Morgan fingerprint density at radius 2 is 2.12 bits per heavy atom. The van der Waals surface area contributed by atoms with Crippen molar-refractivity contribution in [3.05, 3.63) is 34.9 Å². The van der Waals surface area contributed by atoms with Crippen LogP contribution in [-0.2, 0) is 6.54 Å². The Morgan fingerprint density at radius 3 is 2.82 bits per heavy atom. The van der Waals surface area contributed by atoms with Gasteiger partial charge >= 0.3 is 0 Å². The second-order valence-electron chi connectivity index (χ2n) is 5.59. The van der Waals surface area contributed by atoms with Gasteiger partial charge in [-0.3, -0.25) is 4.90 Å². The van der Waals surface area contributed by atoms with Gasteiger partial charge in [0.25, 0.3) is 0 Å². The van der Waals surface area contributed by atoms with Crippen LogP contribution < -0.4 is 5.73 Å². The first kappa shape index (κ1) is 12.6. The molecule has 1 aliphatic rings. The zero-order valence-electron chi connectivity index (χ0n) is 11.2. The molecule has 94 valence electrons. The molecular formula is C15H24N2. The van der Waals surface area contributed by atoms with E-state index in [2.05, 4.69) is 43.9 Å². The number of nitrogens with two attached hydrogens (primary N) is 1. The van der Waals surface area contributed by atoms with Crippen LogP contribution in [-0.4, -0.2) is 24.0 Å².